The molecule has 3 nitrogen and oxygen atoms in total. The number of halogens is 1. The Hall–Kier alpha value is -3.09. The summed E-state index contributed by atoms with van der Waals surface area (Å²) in [4.78, 5) is 14.4. The van der Waals surface area contributed by atoms with Crippen molar-refractivity contribution >= 4 is 40.1 Å². The van der Waals surface area contributed by atoms with Crippen LogP contribution in [0.3, 0.4) is 0 Å². The second-order valence-electron chi connectivity index (χ2n) is 7.26. The highest BCUT2D eigenvalue weighted by atomic mass is 32.1. The first-order valence-corrected chi connectivity index (χ1v) is 10.7. The fourth-order valence-electron chi connectivity index (χ4n) is 3.73. The molecule has 0 bridgehead atoms. The average Bonchev–Trinajstić information content (AvgIpc) is 3.10. The van der Waals surface area contributed by atoms with Crippen LogP contribution < -0.4 is 5.56 Å². The predicted octanol–water partition coefficient (Wildman–Crippen LogP) is 6.21. The maximum atomic E-state index is 13.5. The summed E-state index contributed by atoms with van der Waals surface area (Å²) in [6.07, 6.45) is 0. The first-order chi connectivity index (χ1) is 14.5. The van der Waals surface area contributed by atoms with Crippen molar-refractivity contribution in [1.29, 1.82) is 0 Å². The van der Waals surface area contributed by atoms with Crippen LogP contribution in [0.25, 0.3) is 27.0 Å². The van der Waals surface area contributed by atoms with Crippen molar-refractivity contribution in [3.63, 3.8) is 0 Å². The molecule has 2 heterocycles. The minimum Gasteiger partial charge on any atom is -0.288 e. The van der Waals surface area contributed by atoms with Gasteiger partial charge in [-0.1, -0.05) is 54.1 Å². The molecule has 0 atom stereocenters. The summed E-state index contributed by atoms with van der Waals surface area (Å²) in [7, 11) is 0. The molecule has 0 fully saturated rings. The Kier molecular flexibility index (Phi) is 4.60. The molecule has 0 amide bonds. The molecule has 0 N–H and O–H groups in total. The van der Waals surface area contributed by atoms with Gasteiger partial charge in [-0.3, -0.25) is 13.8 Å². The molecule has 5 aromatic rings. The van der Waals surface area contributed by atoms with Crippen LogP contribution in [0.4, 0.5) is 4.39 Å². The molecule has 0 spiro atoms. The van der Waals surface area contributed by atoms with Crippen molar-refractivity contribution in [2.75, 3.05) is 0 Å². The standard InChI is InChI=1S/C24H17FN2OS2/c1-15-6-8-16(9-7-15)14-26-22-21(17-10-12-18(25)13-11-17)30-24(29)27(22)20-5-3-2-4-19(20)23(26)28/h2-13H,14H2,1H3. The van der Waals surface area contributed by atoms with E-state index in [0.29, 0.717) is 15.9 Å². The molecule has 30 heavy (non-hydrogen) atoms. The van der Waals surface area contributed by atoms with E-state index in [1.807, 2.05) is 59.9 Å². The molecule has 3 aromatic carbocycles. The highest BCUT2D eigenvalue weighted by Crippen LogP contribution is 2.33. The monoisotopic (exact) mass is 432 g/mol. The fourth-order valence-corrected chi connectivity index (χ4v) is 5.16. The molecule has 5 rings (SSSR count). The molecule has 0 saturated carbocycles. The van der Waals surface area contributed by atoms with Crippen LogP contribution in [0, 0.1) is 16.7 Å². The van der Waals surface area contributed by atoms with Gasteiger partial charge in [0.2, 0.25) is 0 Å². The smallest absolute Gasteiger partial charge is 0.261 e. The maximum absolute atomic E-state index is 13.5. The van der Waals surface area contributed by atoms with Gasteiger partial charge in [0.05, 0.1) is 22.3 Å². The van der Waals surface area contributed by atoms with Gasteiger partial charge >= 0.3 is 0 Å². The van der Waals surface area contributed by atoms with Gasteiger partial charge in [0, 0.05) is 0 Å². The molecule has 0 unspecified atom stereocenters. The quantitative estimate of drug-likeness (QED) is 0.317. The van der Waals surface area contributed by atoms with Crippen LogP contribution in [0.5, 0.6) is 0 Å². The number of fused-ring (bicyclic) bond motifs is 3. The largest absolute Gasteiger partial charge is 0.288 e. The lowest BCUT2D eigenvalue weighted by molar-refractivity contribution is 0.628. The Balaban J connectivity index is 1.89. The van der Waals surface area contributed by atoms with Crippen LogP contribution in [0.1, 0.15) is 11.1 Å². The third-order valence-corrected chi connectivity index (χ3v) is 6.64. The topological polar surface area (TPSA) is 26.4 Å². The van der Waals surface area contributed by atoms with E-state index in [0.717, 1.165) is 27.2 Å². The molecule has 0 aliphatic rings. The van der Waals surface area contributed by atoms with Crippen molar-refractivity contribution in [1.82, 2.24) is 8.97 Å². The third-order valence-electron chi connectivity index (χ3n) is 5.23. The van der Waals surface area contributed by atoms with E-state index < -0.39 is 0 Å². The average molecular weight is 433 g/mol. The Labute approximate surface area is 181 Å². The molecule has 0 aliphatic carbocycles. The predicted molar refractivity (Wildman–Crippen MR) is 124 cm³/mol. The zero-order valence-electron chi connectivity index (χ0n) is 16.1. The molecular formula is C24H17FN2OS2. The van der Waals surface area contributed by atoms with Crippen molar-refractivity contribution in [3.05, 3.63) is 104 Å². The lowest BCUT2D eigenvalue weighted by Gasteiger charge is -2.13. The summed E-state index contributed by atoms with van der Waals surface area (Å²) < 4.78 is 17.9. The fraction of sp³-hybridized carbons (Fsp3) is 0.0833. The number of hydrogen-bond acceptors (Lipinski definition) is 3. The lowest BCUT2D eigenvalue weighted by Crippen LogP contribution is -2.23. The summed E-state index contributed by atoms with van der Waals surface area (Å²) in [5.74, 6) is -0.298. The van der Waals surface area contributed by atoms with Gasteiger partial charge < -0.3 is 0 Å². The highest BCUT2D eigenvalue weighted by Gasteiger charge is 2.18. The van der Waals surface area contributed by atoms with Crippen LogP contribution in [-0.4, -0.2) is 8.97 Å². The summed E-state index contributed by atoms with van der Waals surface area (Å²) in [5, 5.41) is 0.622. The van der Waals surface area contributed by atoms with E-state index in [2.05, 4.69) is 0 Å². The van der Waals surface area contributed by atoms with Gasteiger partial charge in [-0.25, -0.2) is 4.39 Å². The van der Waals surface area contributed by atoms with Crippen LogP contribution in [0.15, 0.2) is 77.6 Å². The minimum atomic E-state index is -0.298. The van der Waals surface area contributed by atoms with Crippen molar-refractivity contribution in [3.8, 4) is 10.4 Å². The normalized spacial score (nSPS) is 11.4. The molecule has 148 valence electrons. The Morgan fingerprint density at radius 1 is 0.967 bits per heavy atom. The SMILES string of the molecule is Cc1ccc(Cn2c(=O)c3ccccc3n3c(=S)sc(-c4ccc(F)cc4)c23)cc1. The summed E-state index contributed by atoms with van der Waals surface area (Å²) in [5.41, 5.74) is 4.49. The number of rotatable bonds is 3. The molecule has 0 aliphatic heterocycles. The summed E-state index contributed by atoms with van der Waals surface area (Å²) in [6, 6.07) is 22.0. The first kappa shape index (κ1) is 18.9. The van der Waals surface area contributed by atoms with E-state index >= 15 is 0 Å². The van der Waals surface area contributed by atoms with Gasteiger partial charge in [0.25, 0.3) is 5.56 Å². The number of aromatic nitrogens is 2. The molecule has 0 radical (unpaired) electrons. The Morgan fingerprint density at radius 2 is 1.67 bits per heavy atom. The zero-order chi connectivity index (χ0) is 20.8. The van der Waals surface area contributed by atoms with E-state index in [1.54, 1.807) is 16.7 Å². The zero-order valence-corrected chi connectivity index (χ0v) is 17.8. The van der Waals surface area contributed by atoms with Gasteiger partial charge in [-0.05, 0) is 54.5 Å². The second-order valence-corrected chi connectivity index (χ2v) is 8.90. The number of hydrogen-bond donors (Lipinski definition) is 0. The van der Waals surface area contributed by atoms with Crippen molar-refractivity contribution in [2.45, 2.75) is 13.5 Å². The van der Waals surface area contributed by atoms with Gasteiger partial charge in [0.15, 0.2) is 3.95 Å². The third kappa shape index (κ3) is 3.09. The van der Waals surface area contributed by atoms with Crippen LogP contribution in [-0.2, 0) is 6.54 Å². The summed E-state index contributed by atoms with van der Waals surface area (Å²) in [6.45, 7) is 2.46. The van der Waals surface area contributed by atoms with Crippen molar-refractivity contribution < 1.29 is 4.39 Å². The molecule has 6 heteroatoms. The van der Waals surface area contributed by atoms with E-state index in [-0.39, 0.29) is 11.4 Å². The van der Waals surface area contributed by atoms with E-state index in [1.165, 1.54) is 29.0 Å². The number of benzene rings is 3. The van der Waals surface area contributed by atoms with Crippen LogP contribution in [0.2, 0.25) is 0 Å². The second kappa shape index (κ2) is 7.31. The van der Waals surface area contributed by atoms with Gasteiger partial charge in [-0.15, -0.1) is 11.3 Å². The highest BCUT2D eigenvalue weighted by molar-refractivity contribution is 7.73. The maximum Gasteiger partial charge on any atom is 0.261 e. The minimum absolute atomic E-state index is 0.0673. The Bertz CT molecular complexity index is 1510. The Morgan fingerprint density at radius 3 is 2.40 bits per heavy atom. The molecule has 2 aromatic heterocycles. The van der Waals surface area contributed by atoms with Crippen LogP contribution >= 0.6 is 23.6 Å². The molecular weight excluding hydrogens is 415 g/mol. The van der Waals surface area contributed by atoms with Gasteiger partial charge in [0.1, 0.15) is 11.5 Å². The number of para-hydroxylation sites is 1. The lowest BCUT2D eigenvalue weighted by atomic mass is 10.1. The van der Waals surface area contributed by atoms with E-state index in [9.17, 15) is 9.18 Å². The first-order valence-electron chi connectivity index (χ1n) is 9.51. The number of nitrogens with zero attached hydrogens (tertiary/aromatic N) is 2. The van der Waals surface area contributed by atoms with Gasteiger partial charge in [-0.2, -0.15) is 0 Å². The molecule has 0 saturated heterocycles. The number of thiazole rings is 1. The summed E-state index contributed by atoms with van der Waals surface area (Å²) >= 11 is 7.14. The van der Waals surface area contributed by atoms with Crippen molar-refractivity contribution in [2.24, 2.45) is 0 Å². The van der Waals surface area contributed by atoms with E-state index in [4.69, 9.17) is 12.2 Å². The number of aryl methyl sites for hydroxylation is 1.